The van der Waals surface area contributed by atoms with Crippen molar-refractivity contribution in [1.82, 2.24) is 19.6 Å². The Hall–Kier alpha value is -2.18. The van der Waals surface area contributed by atoms with Crippen LogP contribution in [0.1, 0.15) is 29.3 Å². The lowest BCUT2D eigenvalue weighted by atomic mass is 10.0. The largest absolute Gasteiger partial charge is 0.344 e. The van der Waals surface area contributed by atoms with Gasteiger partial charge >= 0.3 is 6.03 Å². The average Bonchev–Trinajstić information content (AvgIpc) is 3.37. The topological polar surface area (TPSA) is 58.4 Å². The van der Waals surface area contributed by atoms with Crippen molar-refractivity contribution < 1.29 is 9.59 Å². The molecule has 27 heavy (non-hydrogen) atoms. The maximum atomic E-state index is 12.7. The standard InChI is InChI=1S/C20H23ClN4O2/c1-2-19(26)15-7-22-25(13-15)20(27)24-11-16-9-23(10-17(16)12-24)8-14-3-5-18(21)6-4-14/h3-7,13,16-17H,2,8-12H2,1H3. The highest BCUT2D eigenvalue weighted by Gasteiger charge is 2.41. The lowest BCUT2D eigenvalue weighted by Crippen LogP contribution is -2.36. The van der Waals surface area contributed by atoms with E-state index in [2.05, 4.69) is 22.1 Å². The van der Waals surface area contributed by atoms with E-state index < -0.39 is 0 Å². The number of benzene rings is 1. The van der Waals surface area contributed by atoms with E-state index in [0.717, 1.165) is 37.7 Å². The number of carbonyl (C=O) groups excluding carboxylic acids is 2. The quantitative estimate of drug-likeness (QED) is 0.757. The molecule has 2 fully saturated rings. The molecule has 0 spiro atoms. The summed E-state index contributed by atoms with van der Waals surface area (Å²) in [4.78, 5) is 28.8. The van der Waals surface area contributed by atoms with Crippen molar-refractivity contribution in [3.8, 4) is 0 Å². The van der Waals surface area contributed by atoms with Gasteiger partial charge in [0.05, 0.1) is 11.8 Å². The Morgan fingerprint density at radius 3 is 2.41 bits per heavy atom. The normalized spacial score (nSPS) is 22.2. The first-order valence-electron chi connectivity index (χ1n) is 9.37. The average molecular weight is 387 g/mol. The van der Waals surface area contributed by atoms with Gasteiger partial charge in [0.25, 0.3) is 0 Å². The predicted molar refractivity (Wildman–Crippen MR) is 103 cm³/mol. The number of rotatable bonds is 4. The number of nitrogens with zero attached hydrogens (tertiary/aromatic N) is 4. The van der Waals surface area contributed by atoms with Crippen LogP contribution in [0.25, 0.3) is 0 Å². The van der Waals surface area contributed by atoms with Crippen molar-refractivity contribution in [2.24, 2.45) is 11.8 Å². The molecule has 1 amide bonds. The third-order valence-electron chi connectivity index (χ3n) is 5.57. The highest BCUT2D eigenvalue weighted by Crippen LogP contribution is 2.32. The number of hydrogen-bond donors (Lipinski definition) is 0. The maximum absolute atomic E-state index is 12.7. The zero-order chi connectivity index (χ0) is 19.0. The number of amides is 1. The molecule has 2 aliphatic heterocycles. The first kappa shape index (κ1) is 18.2. The van der Waals surface area contributed by atoms with Gasteiger partial charge in [0, 0.05) is 50.4 Å². The zero-order valence-corrected chi connectivity index (χ0v) is 16.1. The monoisotopic (exact) mass is 386 g/mol. The highest BCUT2D eigenvalue weighted by atomic mass is 35.5. The smallest absolute Gasteiger partial charge is 0.322 e. The van der Waals surface area contributed by atoms with E-state index in [4.69, 9.17) is 11.6 Å². The zero-order valence-electron chi connectivity index (χ0n) is 15.3. The molecule has 0 aliphatic carbocycles. The molecule has 0 N–H and O–H groups in total. The Bertz CT molecular complexity index is 834. The van der Waals surface area contributed by atoms with Gasteiger partial charge in [-0.15, -0.1) is 0 Å². The fourth-order valence-electron chi connectivity index (χ4n) is 4.14. The molecule has 142 valence electrons. The van der Waals surface area contributed by atoms with Crippen molar-refractivity contribution in [2.75, 3.05) is 26.2 Å². The van der Waals surface area contributed by atoms with Crippen molar-refractivity contribution in [3.05, 3.63) is 52.8 Å². The minimum Gasteiger partial charge on any atom is -0.322 e. The molecule has 1 aromatic carbocycles. The number of fused-ring (bicyclic) bond motifs is 1. The number of hydrogen-bond acceptors (Lipinski definition) is 4. The molecular weight excluding hydrogens is 364 g/mol. The van der Waals surface area contributed by atoms with Crippen LogP contribution in [0.5, 0.6) is 0 Å². The van der Waals surface area contributed by atoms with Gasteiger partial charge in [0.15, 0.2) is 5.78 Å². The number of aromatic nitrogens is 2. The summed E-state index contributed by atoms with van der Waals surface area (Å²) in [5.41, 5.74) is 1.76. The molecule has 6 nitrogen and oxygen atoms in total. The van der Waals surface area contributed by atoms with Crippen molar-refractivity contribution >= 4 is 23.4 Å². The second-order valence-electron chi connectivity index (χ2n) is 7.48. The molecule has 4 rings (SSSR count). The molecular formula is C20H23ClN4O2. The van der Waals surface area contributed by atoms with Crippen LogP contribution in [0.2, 0.25) is 5.02 Å². The number of likely N-dealkylation sites (tertiary alicyclic amines) is 2. The third-order valence-corrected chi connectivity index (χ3v) is 5.83. The fourth-order valence-corrected chi connectivity index (χ4v) is 4.27. The molecule has 2 atom stereocenters. The Morgan fingerprint density at radius 2 is 1.78 bits per heavy atom. The second-order valence-corrected chi connectivity index (χ2v) is 7.92. The molecule has 2 saturated heterocycles. The summed E-state index contributed by atoms with van der Waals surface area (Å²) >= 11 is 5.95. The van der Waals surface area contributed by atoms with Gasteiger partial charge < -0.3 is 4.90 Å². The minimum absolute atomic E-state index is 0.00480. The van der Waals surface area contributed by atoms with E-state index in [1.165, 1.54) is 16.4 Å². The van der Waals surface area contributed by atoms with E-state index >= 15 is 0 Å². The maximum Gasteiger partial charge on any atom is 0.344 e. The fraction of sp³-hybridized carbons (Fsp3) is 0.450. The van der Waals surface area contributed by atoms with Gasteiger partial charge in [-0.3, -0.25) is 9.69 Å². The van der Waals surface area contributed by atoms with Gasteiger partial charge in [-0.2, -0.15) is 9.78 Å². The van der Waals surface area contributed by atoms with Crippen LogP contribution in [0, 0.1) is 11.8 Å². The molecule has 0 saturated carbocycles. The Kier molecular flexibility index (Phi) is 5.02. The molecule has 2 aromatic rings. The second kappa shape index (κ2) is 7.44. The van der Waals surface area contributed by atoms with E-state index in [1.807, 2.05) is 17.0 Å². The number of halogens is 1. The molecule has 3 heterocycles. The van der Waals surface area contributed by atoms with Crippen LogP contribution in [0.3, 0.4) is 0 Å². The van der Waals surface area contributed by atoms with Crippen LogP contribution in [0.15, 0.2) is 36.7 Å². The van der Waals surface area contributed by atoms with Gasteiger partial charge in [0.1, 0.15) is 0 Å². The summed E-state index contributed by atoms with van der Waals surface area (Å²) in [7, 11) is 0. The lowest BCUT2D eigenvalue weighted by molar-refractivity contribution is 0.0988. The van der Waals surface area contributed by atoms with E-state index in [9.17, 15) is 9.59 Å². The number of carbonyl (C=O) groups is 2. The van der Waals surface area contributed by atoms with Crippen LogP contribution in [-0.2, 0) is 6.54 Å². The van der Waals surface area contributed by atoms with Gasteiger partial charge in [-0.1, -0.05) is 30.7 Å². The Labute approximate surface area is 163 Å². The van der Waals surface area contributed by atoms with Gasteiger partial charge in [-0.25, -0.2) is 4.79 Å². The lowest BCUT2D eigenvalue weighted by Gasteiger charge is -2.21. The summed E-state index contributed by atoms with van der Waals surface area (Å²) in [6, 6.07) is 7.85. The Balaban J connectivity index is 1.34. The van der Waals surface area contributed by atoms with Crippen LogP contribution in [-0.4, -0.2) is 57.6 Å². The summed E-state index contributed by atoms with van der Waals surface area (Å²) in [6.07, 6.45) is 3.45. The highest BCUT2D eigenvalue weighted by molar-refractivity contribution is 6.30. The molecule has 0 radical (unpaired) electrons. The molecule has 1 aromatic heterocycles. The molecule has 2 unspecified atom stereocenters. The predicted octanol–water partition coefficient (Wildman–Crippen LogP) is 3.16. The Morgan fingerprint density at radius 1 is 1.11 bits per heavy atom. The van der Waals surface area contributed by atoms with Crippen molar-refractivity contribution in [1.29, 1.82) is 0 Å². The minimum atomic E-state index is -0.135. The number of Topliss-reactive ketones (excluding diaryl/α,β-unsaturated/α-hetero) is 1. The SMILES string of the molecule is CCC(=O)c1cnn(C(=O)N2CC3CN(Cc4ccc(Cl)cc4)CC3C2)c1. The summed E-state index contributed by atoms with van der Waals surface area (Å²) in [6.45, 7) is 6.21. The first-order chi connectivity index (χ1) is 13.0. The van der Waals surface area contributed by atoms with Gasteiger partial charge in [-0.05, 0) is 29.5 Å². The molecule has 7 heteroatoms. The van der Waals surface area contributed by atoms with Crippen LogP contribution in [0.4, 0.5) is 4.79 Å². The van der Waals surface area contributed by atoms with Crippen LogP contribution >= 0.6 is 11.6 Å². The molecule has 0 bridgehead atoms. The number of ketones is 1. The summed E-state index contributed by atoms with van der Waals surface area (Å²) < 4.78 is 1.30. The molecule has 2 aliphatic rings. The van der Waals surface area contributed by atoms with Crippen molar-refractivity contribution in [2.45, 2.75) is 19.9 Å². The van der Waals surface area contributed by atoms with E-state index in [0.29, 0.717) is 23.8 Å². The van der Waals surface area contributed by atoms with E-state index in [1.54, 1.807) is 13.1 Å². The van der Waals surface area contributed by atoms with Gasteiger partial charge in [0.2, 0.25) is 0 Å². The third kappa shape index (κ3) is 3.77. The summed E-state index contributed by atoms with van der Waals surface area (Å²) in [5, 5.41) is 4.84. The van der Waals surface area contributed by atoms with Crippen molar-refractivity contribution in [3.63, 3.8) is 0 Å². The summed E-state index contributed by atoms with van der Waals surface area (Å²) in [5.74, 6) is 0.993. The first-order valence-corrected chi connectivity index (χ1v) is 9.75. The van der Waals surface area contributed by atoms with E-state index in [-0.39, 0.29) is 11.8 Å². The van der Waals surface area contributed by atoms with Crippen LogP contribution < -0.4 is 0 Å².